The zero-order valence-electron chi connectivity index (χ0n) is 30.6. The molecule has 3 aromatic carbocycles. The Balaban J connectivity index is 1.36. The molecule has 2 N–H and O–H groups in total. The van der Waals surface area contributed by atoms with Crippen LogP contribution in [0, 0.1) is 24.2 Å². The van der Waals surface area contributed by atoms with Crippen molar-refractivity contribution in [2.24, 2.45) is 5.92 Å². The van der Waals surface area contributed by atoms with E-state index in [2.05, 4.69) is 41.1 Å². The maximum Gasteiger partial charge on any atom is 0.348 e. The van der Waals surface area contributed by atoms with E-state index in [4.69, 9.17) is 5.10 Å². The largest absolute Gasteiger partial charge is 0.378 e. The van der Waals surface area contributed by atoms with Gasteiger partial charge in [0.1, 0.15) is 11.9 Å². The lowest BCUT2D eigenvalue weighted by Gasteiger charge is -2.35. The first-order chi connectivity index (χ1) is 24.9. The Bertz CT molecular complexity index is 2080. The van der Waals surface area contributed by atoms with Crippen LogP contribution < -0.4 is 11.0 Å². The van der Waals surface area contributed by atoms with Crippen LogP contribution in [0.2, 0.25) is 0 Å². The molecule has 1 aromatic heterocycles. The number of carbonyl (C=O) groups excluding carboxylic acids is 2. The van der Waals surface area contributed by atoms with E-state index < -0.39 is 5.41 Å². The van der Waals surface area contributed by atoms with Gasteiger partial charge in [-0.1, -0.05) is 42.5 Å². The summed E-state index contributed by atoms with van der Waals surface area (Å²) in [6.07, 6.45) is 3.53. The SMILES string of the molecule is C=C(c1ccc2c(c1)CCc1cc(C(=O)N(C)C)ccc1C2(CCNCC(=O)N1C(C#N)C[C@@H]2CC21)c1nn(-c2ccc(C)cc2)c(=O)[nH]1)N(C)C. The molecule has 11 heteroatoms. The summed E-state index contributed by atoms with van der Waals surface area (Å²) >= 11 is 0. The fraction of sp³-hybridized carbons (Fsp3) is 0.390. The maximum absolute atomic E-state index is 13.8. The Hall–Kier alpha value is -5.47. The number of fused-ring (bicyclic) bond motifs is 3. The number of aromatic amines is 1. The molecule has 2 aliphatic carbocycles. The predicted molar refractivity (Wildman–Crippen MR) is 200 cm³/mol. The van der Waals surface area contributed by atoms with Crippen molar-refractivity contribution in [2.75, 3.05) is 41.3 Å². The highest BCUT2D eigenvalue weighted by molar-refractivity contribution is 5.94. The third-order valence-corrected chi connectivity index (χ3v) is 11.1. The molecule has 3 unspecified atom stereocenters. The van der Waals surface area contributed by atoms with Gasteiger partial charge in [0, 0.05) is 45.5 Å². The second kappa shape index (κ2) is 13.6. The van der Waals surface area contributed by atoms with Crippen molar-refractivity contribution in [1.82, 2.24) is 34.8 Å². The van der Waals surface area contributed by atoms with Gasteiger partial charge in [0.15, 0.2) is 0 Å². The quantitative estimate of drug-likeness (QED) is 0.239. The predicted octanol–water partition coefficient (Wildman–Crippen LogP) is 4.03. The lowest BCUT2D eigenvalue weighted by Crippen LogP contribution is -2.44. The summed E-state index contributed by atoms with van der Waals surface area (Å²) in [5.41, 5.74) is 6.87. The van der Waals surface area contributed by atoms with E-state index in [0.717, 1.165) is 51.9 Å². The van der Waals surface area contributed by atoms with E-state index in [-0.39, 0.29) is 36.1 Å². The van der Waals surface area contributed by atoms with Gasteiger partial charge < -0.3 is 20.0 Å². The molecule has 4 aromatic rings. The zero-order valence-corrected chi connectivity index (χ0v) is 30.6. The van der Waals surface area contributed by atoms with Gasteiger partial charge in [-0.25, -0.2) is 4.79 Å². The first-order valence-corrected chi connectivity index (χ1v) is 18.0. The summed E-state index contributed by atoms with van der Waals surface area (Å²) in [6, 6.07) is 22.0. The average Bonchev–Trinajstić information content (AvgIpc) is 3.67. The molecule has 11 nitrogen and oxygen atoms in total. The van der Waals surface area contributed by atoms with Crippen molar-refractivity contribution in [1.29, 1.82) is 5.26 Å². The Morgan fingerprint density at radius 3 is 2.27 bits per heavy atom. The van der Waals surface area contributed by atoms with Crippen molar-refractivity contribution in [3.63, 3.8) is 0 Å². The molecule has 52 heavy (non-hydrogen) atoms. The van der Waals surface area contributed by atoms with Gasteiger partial charge in [0.25, 0.3) is 5.91 Å². The number of aromatic nitrogens is 3. The van der Waals surface area contributed by atoms with Crippen molar-refractivity contribution in [3.05, 3.63) is 122 Å². The molecular weight excluding hydrogens is 653 g/mol. The van der Waals surface area contributed by atoms with Crippen LogP contribution in [0.3, 0.4) is 0 Å². The number of rotatable bonds is 10. The highest BCUT2D eigenvalue weighted by Gasteiger charge is 2.54. The normalized spacial score (nSPS) is 21.3. The maximum atomic E-state index is 13.8. The van der Waals surface area contributed by atoms with E-state index in [9.17, 15) is 19.6 Å². The number of nitrogens with one attached hydrogen (secondary N) is 2. The molecule has 0 radical (unpaired) electrons. The zero-order chi connectivity index (χ0) is 36.9. The van der Waals surface area contributed by atoms with Gasteiger partial charge in [-0.3, -0.25) is 14.6 Å². The summed E-state index contributed by atoms with van der Waals surface area (Å²) < 4.78 is 1.41. The molecule has 1 saturated heterocycles. The topological polar surface area (TPSA) is 130 Å². The minimum absolute atomic E-state index is 0.0667. The van der Waals surface area contributed by atoms with E-state index in [0.29, 0.717) is 48.8 Å². The lowest BCUT2D eigenvalue weighted by atomic mass is 9.69. The standard InChI is InChI=1S/C41H46N8O3/c1-25-7-13-32(14-8-25)49-40(52)44-39(45-49)41(17-18-43-24-37(50)48-33(23-42)21-31-22-36(31)48)34-15-11-27(26(2)46(3)4)19-28(34)9-10-29-20-30(12-16-35(29)41)38(51)47(5)6/h7-8,11-16,19-20,31,33,36,43H,2,9-10,17-18,21-22,24H2,1,3-6H3,(H,44,45,52)/t31-,33?,36?,41?/m1/s1. The number of aryl methyl sites for hydroxylation is 3. The Kier molecular flexibility index (Phi) is 9.13. The van der Waals surface area contributed by atoms with Crippen LogP contribution in [0.5, 0.6) is 0 Å². The van der Waals surface area contributed by atoms with Gasteiger partial charge in [-0.05, 0) is 110 Å². The van der Waals surface area contributed by atoms with Crippen molar-refractivity contribution in [3.8, 4) is 11.8 Å². The van der Waals surface area contributed by atoms with Crippen LogP contribution in [0.15, 0.2) is 72.0 Å². The molecule has 1 aliphatic heterocycles. The van der Waals surface area contributed by atoms with E-state index in [1.54, 1.807) is 23.9 Å². The van der Waals surface area contributed by atoms with Gasteiger partial charge in [0.05, 0.1) is 23.7 Å². The number of carbonyl (C=O) groups is 2. The molecule has 4 atom stereocenters. The van der Waals surface area contributed by atoms with Crippen LogP contribution in [0.4, 0.5) is 0 Å². The molecule has 2 amide bonds. The van der Waals surface area contributed by atoms with Crippen LogP contribution in [0.25, 0.3) is 11.4 Å². The second-order valence-corrected chi connectivity index (χ2v) is 14.9. The third-order valence-electron chi connectivity index (χ3n) is 11.1. The van der Waals surface area contributed by atoms with Gasteiger partial charge in [0.2, 0.25) is 5.91 Å². The van der Waals surface area contributed by atoms with Crippen LogP contribution in [0.1, 0.15) is 68.8 Å². The highest BCUT2D eigenvalue weighted by Crippen LogP contribution is 2.48. The molecule has 1 saturated carbocycles. The number of amides is 2. The number of nitrogens with zero attached hydrogens (tertiary/aromatic N) is 6. The number of hydrogen-bond acceptors (Lipinski definition) is 7. The van der Waals surface area contributed by atoms with E-state index in [1.807, 2.05) is 68.4 Å². The highest BCUT2D eigenvalue weighted by atomic mass is 16.2. The summed E-state index contributed by atoms with van der Waals surface area (Å²) in [5, 5.41) is 18.1. The number of H-pyrrole nitrogens is 1. The molecule has 268 valence electrons. The fourth-order valence-electron chi connectivity index (χ4n) is 8.19. The van der Waals surface area contributed by atoms with Crippen LogP contribution in [-0.4, -0.2) is 94.6 Å². The third kappa shape index (κ3) is 6.11. The molecule has 2 heterocycles. The Morgan fingerprint density at radius 2 is 1.63 bits per heavy atom. The summed E-state index contributed by atoms with van der Waals surface area (Å²) in [6.45, 7) is 6.82. The Morgan fingerprint density at radius 1 is 0.981 bits per heavy atom. The summed E-state index contributed by atoms with van der Waals surface area (Å²) in [5.74, 6) is 0.760. The molecule has 7 rings (SSSR count). The minimum Gasteiger partial charge on any atom is -0.378 e. The lowest BCUT2D eigenvalue weighted by molar-refractivity contribution is -0.131. The van der Waals surface area contributed by atoms with Gasteiger partial charge >= 0.3 is 5.69 Å². The number of nitriles is 1. The smallest absolute Gasteiger partial charge is 0.348 e. The first kappa shape index (κ1) is 35.0. The van der Waals surface area contributed by atoms with Crippen molar-refractivity contribution >= 4 is 17.5 Å². The fourth-order valence-corrected chi connectivity index (χ4v) is 8.19. The van der Waals surface area contributed by atoms with Gasteiger partial charge in [-0.2, -0.15) is 9.94 Å². The van der Waals surface area contributed by atoms with Crippen molar-refractivity contribution in [2.45, 2.75) is 56.5 Å². The summed E-state index contributed by atoms with van der Waals surface area (Å²) in [4.78, 5) is 49.0. The van der Waals surface area contributed by atoms with E-state index >= 15 is 0 Å². The van der Waals surface area contributed by atoms with E-state index in [1.165, 1.54) is 4.68 Å². The summed E-state index contributed by atoms with van der Waals surface area (Å²) in [7, 11) is 7.43. The second-order valence-electron chi connectivity index (χ2n) is 14.9. The molecule has 0 bridgehead atoms. The average molecular weight is 699 g/mol. The molecule has 0 spiro atoms. The monoisotopic (exact) mass is 698 g/mol. The number of benzene rings is 3. The minimum atomic E-state index is -0.964. The first-order valence-electron chi connectivity index (χ1n) is 18.0. The number of likely N-dealkylation sites (tertiary alicyclic amines) is 1. The van der Waals surface area contributed by atoms with Gasteiger partial charge in [-0.15, -0.1) is 5.10 Å². The molecular formula is C41H46N8O3. The van der Waals surface area contributed by atoms with Crippen LogP contribution >= 0.6 is 0 Å². The molecule has 2 fully saturated rings. The number of hydrogen-bond donors (Lipinski definition) is 2. The van der Waals surface area contributed by atoms with Crippen LogP contribution in [-0.2, 0) is 23.1 Å². The Labute approximate surface area is 304 Å². The molecule has 3 aliphatic rings. The number of piperidine rings is 1. The van der Waals surface area contributed by atoms with Crippen molar-refractivity contribution < 1.29 is 9.59 Å².